The Kier molecular flexibility index (Phi) is 5.19. The number of imide groups is 1. The highest BCUT2D eigenvalue weighted by Crippen LogP contribution is 2.30. The zero-order valence-electron chi connectivity index (χ0n) is 16.6. The van der Waals surface area contributed by atoms with Crippen LogP contribution in [0.5, 0.6) is 0 Å². The van der Waals surface area contributed by atoms with E-state index in [0.29, 0.717) is 24.1 Å². The molecule has 0 saturated carbocycles. The SMILES string of the molecule is CS(=O)(=O)c1ccc2c(c1)CCCN2C(=O)CCCN1C(=O)c2ccccc2C1=O. The van der Waals surface area contributed by atoms with E-state index in [9.17, 15) is 22.8 Å². The minimum atomic E-state index is -3.30. The zero-order chi connectivity index (χ0) is 21.5. The summed E-state index contributed by atoms with van der Waals surface area (Å²) in [5, 5.41) is 0. The van der Waals surface area contributed by atoms with Crippen molar-refractivity contribution in [3.8, 4) is 0 Å². The fourth-order valence-electron chi connectivity index (χ4n) is 4.03. The molecule has 2 aliphatic rings. The first kappa shape index (κ1) is 20.3. The number of benzene rings is 2. The summed E-state index contributed by atoms with van der Waals surface area (Å²) in [5.74, 6) is -0.737. The lowest BCUT2D eigenvalue weighted by Crippen LogP contribution is -2.36. The molecule has 4 rings (SSSR count). The summed E-state index contributed by atoms with van der Waals surface area (Å²) in [6.07, 6.45) is 3.21. The number of carbonyl (C=O) groups is 3. The first-order valence-corrected chi connectivity index (χ1v) is 11.7. The van der Waals surface area contributed by atoms with Crippen molar-refractivity contribution in [1.82, 2.24) is 4.90 Å². The summed E-state index contributed by atoms with van der Waals surface area (Å²) < 4.78 is 23.6. The Labute approximate surface area is 175 Å². The maximum Gasteiger partial charge on any atom is 0.261 e. The predicted molar refractivity (Wildman–Crippen MR) is 111 cm³/mol. The summed E-state index contributed by atoms with van der Waals surface area (Å²) in [6, 6.07) is 11.6. The molecule has 7 nitrogen and oxygen atoms in total. The molecule has 3 amide bonds. The minimum Gasteiger partial charge on any atom is -0.312 e. The van der Waals surface area contributed by atoms with Gasteiger partial charge in [-0.2, -0.15) is 0 Å². The third-order valence-electron chi connectivity index (χ3n) is 5.55. The average Bonchev–Trinajstić information content (AvgIpc) is 2.97. The van der Waals surface area contributed by atoms with Gasteiger partial charge in [0, 0.05) is 31.5 Å². The molecule has 0 atom stereocenters. The maximum absolute atomic E-state index is 12.8. The smallest absolute Gasteiger partial charge is 0.261 e. The molecule has 0 saturated heterocycles. The Balaban J connectivity index is 1.42. The Bertz CT molecular complexity index is 1120. The topological polar surface area (TPSA) is 91.8 Å². The molecule has 30 heavy (non-hydrogen) atoms. The Morgan fingerprint density at radius 2 is 1.70 bits per heavy atom. The van der Waals surface area contributed by atoms with Crippen molar-refractivity contribution in [2.75, 3.05) is 24.2 Å². The van der Waals surface area contributed by atoms with Gasteiger partial charge in [0.05, 0.1) is 16.0 Å². The van der Waals surface area contributed by atoms with Crippen LogP contribution in [0.25, 0.3) is 0 Å². The largest absolute Gasteiger partial charge is 0.312 e. The van der Waals surface area contributed by atoms with Crippen LogP contribution in [0.2, 0.25) is 0 Å². The highest BCUT2D eigenvalue weighted by molar-refractivity contribution is 7.90. The van der Waals surface area contributed by atoms with Crippen LogP contribution in [0.4, 0.5) is 5.69 Å². The van der Waals surface area contributed by atoms with Crippen LogP contribution in [0.1, 0.15) is 45.5 Å². The molecule has 156 valence electrons. The maximum atomic E-state index is 12.8. The molecule has 8 heteroatoms. The van der Waals surface area contributed by atoms with Gasteiger partial charge in [-0.1, -0.05) is 12.1 Å². The second kappa shape index (κ2) is 7.68. The lowest BCUT2D eigenvalue weighted by molar-refractivity contribution is -0.118. The van der Waals surface area contributed by atoms with Crippen LogP contribution < -0.4 is 4.90 Å². The lowest BCUT2D eigenvalue weighted by atomic mass is 10.0. The predicted octanol–water partition coefficient (Wildman–Crippen LogP) is 2.45. The molecular formula is C22H22N2O5S. The van der Waals surface area contributed by atoms with E-state index in [1.807, 2.05) is 0 Å². The fraction of sp³-hybridized carbons (Fsp3) is 0.318. The molecule has 0 unspecified atom stereocenters. The van der Waals surface area contributed by atoms with Crippen molar-refractivity contribution < 1.29 is 22.8 Å². The molecule has 2 aromatic rings. The van der Waals surface area contributed by atoms with Gasteiger partial charge in [-0.3, -0.25) is 19.3 Å². The number of sulfone groups is 1. The van der Waals surface area contributed by atoms with E-state index in [2.05, 4.69) is 0 Å². The van der Waals surface area contributed by atoms with Crippen LogP contribution in [0.3, 0.4) is 0 Å². The Morgan fingerprint density at radius 3 is 2.33 bits per heavy atom. The van der Waals surface area contributed by atoms with Gasteiger partial charge in [-0.15, -0.1) is 0 Å². The minimum absolute atomic E-state index is 0.0975. The lowest BCUT2D eigenvalue weighted by Gasteiger charge is -2.30. The number of rotatable bonds is 5. The van der Waals surface area contributed by atoms with Gasteiger partial charge in [0.15, 0.2) is 9.84 Å². The number of anilines is 1. The van der Waals surface area contributed by atoms with Crippen molar-refractivity contribution in [2.45, 2.75) is 30.6 Å². The number of carbonyl (C=O) groups excluding carboxylic acids is 3. The standard InChI is InChI=1S/C22H22N2O5S/c1-30(28,29)16-10-11-19-15(14-16)6-4-12-23(19)20(25)9-5-13-24-21(26)17-7-2-3-8-18(17)22(24)27/h2-3,7-8,10-11,14H,4-6,9,12-13H2,1H3. The van der Waals surface area contributed by atoms with Gasteiger partial charge >= 0.3 is 0 Å². The second-order valence-corrected chi connectivity index (χ2v) is 9.64. The fourth-order valence-corrected chi connectivity index (χ4v) is 4.70. The van der Waals surface area contributed by atoms with E-state index in [1.54, 1.807) is 41.3 Å². The third-order valence-corrected chi connectivity index (χ3v) is 6.66. The van der Waals surface area contributed by atoms with E-state index in [0.717, 1.165) is 24.1 Å². The van der Waals surface area contributed by atoms with Crippen molar-refractivity contribution in [3.05, 3.63) is 59.2 Å². The first-order valence-electron chi connectivity index (χ1n) is 9.86. The van der Waals surface area contributed by atoms with Gasteiger partial charge in [0.1, 0.15) is 0 Å². The van der Waals surface area contributed by atoms with Gasteiger partial charge in [0.2, 0.25) is 5.91 Å². The van der Waals surface area contributed by atoms with Crippen LogP contribution in [-0.2, 0) is 21.1 Å². The highest BCUT2D eigenvalue weighted by atomic mass is 32.2. The van der Waals surface area contributed by atoms with Crippen LogP contribution >= 0.6 is 0 Å². The molecule has 2 aromatic carbocycles. The quantitative estimate of drug-likeness (QED) is 0.685. The summed E-state index contributed by atoms with van der Waals surface area (Å²) >= 11 is 0. The van der Waals surface area contributed by atoms with E-state index < -0.39 is 9.84 Å². The zero-order valence-corrected chi connectivity index (χ0v) is 17.4. The van der Waals surface area contributed by atoms with Gasteiger partial charge in [-0.05, 0) is 55.2 Å². The summed E-state index contributed by atoms with van der Waals surface area (Å²) in [4.78, 5) is 40.8. The monoisotopic (exact) mass is 426 g/mol. The first-order chi connectivity index (χ1) is 14.3. The number of hydrogen-bond donors (Lipinski definition) is 0. The van der Waals surface area contributed by atoms with E-state index >= 15 is 0 Å². The highest BCUT2D eigenvalue weighted by Gasteiger charge is 2.34. The molecule has 0 N–H and O–H groups in total. The summed E-state index contributed by atoms with van der Waals surface area (Å²) in [5.41, 5.74) is 2.39. The molecule has 0 radical (unpaired) electrons. The second-order valence-electron chi connectivity index (χ2n) is 7.62. The number of amides is 3. The molecule has 2 heterocycles. The molecule has 0 spiro atoms. The van der Waals surface area contributed by atoms with Crippen molar-refractivity contribution in [2.24, 2.45) is 0 Å². The number of nitrogens with zero attached hydrogens (tertiary/aromatic N) is 2. The molecule has 2 aliphatic heterocycles. The van der Waals surface area contributed by atoms with Crippen LogP contribution in [0.15, 0.2) is 47.4 Å². The molecule has 0 fully saturated rings. The normalized spacial score (nSPS) is 15.9. The summed E-state index contributed by atoms with van der Waals surface area (Å²) in [6.45, 7) is 0.753. The van der Waals surface area contributed by atoms with Crippen LogP contribution in [0, 0.1) is 0 Å². The van der Waals surface area contributed by atoms with Gasteiger partial charge < -0.3 is 4.90 Å². The molecule has 0 aromatic heterocycles. The molecule has 0 aliphatic carbocycles. The number of aryl methyl sites for hydroxylation is 1. The van der Waals surface area contributed by atoms with Crippen molar-refractivity contribution in [1.29, 1.82) is 0 Å². The van der Waals surface area contributed by atoms with Gasteiger partial charge in [0.25, 0.3) is 11.8 Å². The van der Waals surface area contributed by atoms with Crippen molar-refractivity contribution >= 4 is 33.2 Å². The number of hydrogen-bond acceptors (Lipinski definition) is 5. The number of fused-ring (bicyclic) bond motifs is 2. The molecular weight excluding hydrogens is 404 g/mol. The average molecular weight is 426 g/mol. The molecule has 0 bridgehead atoms. The third kappa shape index (κ3) is 3.63. The van der Waals surface area contributed by atoms with E-state index in [1.165, 1.54) is 17.2 Å². The Morgan fingerprint density at radius 1 is 1.03 bits per heavy atom. The Hall–Kier alpha value is -3.00. The van der Waals surface area contributed by atoms with E-state index in [4.69, 9.17) is 0 Å². The van der Waals surface area contributed by atoms with E-state index in [-0.39, 0.29) is 35.6 Å². The van der Waals surface area contributed by atoms with Gasteiger partial charge in [-0.25, -0.2) is 8.42 Å². The summed E-state index contributed by atoms with van der Waals surface area (Å²) in [7, 11) is -3.30. The van der Waals surface area contributed by atoms with Crippen molar-refractivity contribution in [3.63, 3.8) is 0 Å². The van der Waals surface area contributed by atoms with Crippen LogP contribution in [-0.4, -0.2) is 50.4 Å².